The van der Waals surface area contributed by atoms with E-state index in [0.717, 1.165) is 22.0 Å². The van der Waals surface area contributed by atoms with E-state index >= 15 is 0 Å². The zero-order valence-corrected chi connectivity index (χ0v) is 19.3. The Morgan fingerprint density at radius 2 is 1.82 bits per heavy atom. The molecule has 0 radical (unpaired) electrons. The number of sulfonamides is 1. The molecule has 0 spiro atoms. The maximum absolute atomic E-state index is 12.8. The summed E-state index contributed by atoms with van der Waals surface area (Å²) in [5.74, 6) is -0.373. The van der Waals surface area contributed by atoms with Gasteiger partial charge >= 0.3 is 0 Å². The van der Waals surface area contributed by atoms with Crippen LogP contribution in [-0.4, -0.2) is 41.7 Å². The Hall–Kier alpha value is -3.14. The van der Waals surface area contributed by atoms with Crippen LogP contribution in [0, 0.1) is 5.92 Å². The van der Waals surface area contributed by atoms with Gasteiger partial charge in [-0.15, -0.1) is 11.3 Å². The number of amides is 1. The standard InChI is InChI=1S/C24H22N4O3S2/c29-23(18-10-13-28(14-11-18)33(30,31)19-7-4-12-25-15-19)27-24-26-22(16-32-24)21-9-3-6-17-5-1-2-8-20(17)21/h1-9,12,15-16,18H,10-11,13-14H2,(H,26,27,29). The minimum Gasteiger partial charge on any atom is -0.302 e. The van der Waals surface area contributed by atoms with Crippen molar-refractivity contribution in [3.05, 3.63) is 72.4 Å². The predicted octanol–water partition coefficient (Wildman–Crippen LogP) is 4.40. The summed E-state index contributed by atoms with van der Waals surface area (Å²) in [5, 5.41) is 7.68. The van der Waals surface area contributed by atoms with Crippen LogP contribution in [0.2, 0.25) is 0 Å². The van der Waals surface area contributed by atoms with Gasteiger partial charge < -0.3 is 5.32 Å². The second kappa shape index (κ2) is 9.01. The Morgan fingerprint density at radius 3 is 2.61 bits per heavy atom. The number of piperidine rings is 1. The van der Waals surface area contributed by atoms with Crippen LogP contribution in [0.3, 0.4) is 0 Å². The van der Waals surface area contributed by atoms with Crippen LogP contribution in [0.15, 0.2) is 77.3 Å². The third kappa shape index (κ3) is 4.39. The molecule has 2 aromatic heterocycles. The Bertz CT molecular complexity index is 1390. The second-order valence-corrected chi connectivity index (χ2v) is 10.7. The van der Waals surface area contributed by atoms with Crippen molar-refractivity contribution in [3.63, 3.8) is 0 Å². The van der Waals surface area contributed by atoms with E-state index in [1.54, 1.807) is 12.3 Å². The van der Waals surface area contributed by atoms with E-state index < -0.39 is 10.0 Å². The van der Waals surface area contributed by atoms with Crippen molar-refractivity contribution < 1.29 is 13.2 Å². The molecule has 1 saturated heterocycles. The first kappa shape index (κ1) is 21.7. The third-order valence-electron chi connectivity index (χ3n) is 5.90. The molecule has 2 aromatic carbocycles. The topological polar surface area (TPSA) is 92.3 Å². The summed E-state index contributed by atoms with van der Waals surface area (Å²) in [6.07, 6.45) is 3.82. The molecule has 9 heteroatoms. The normalized spacial score (nSPS) is 15.5. The van der Waals surface area contributed by atoms with Gasteiger partial charge in [-0.2, -0.15) is 4.31 Å². The van der Waals surface area contributed by atoms with Crippen molar-refractivity contribution in [2.75, 3.05) is 18.4 Å². The lowest BCUT2D eigenvalue weighted by atomic mass is 9.97. The number of aromatic nitrogens is 2. The Balaban J connectivity index is 1.24. The van der Waals surface area contributed by atoms with Crippen LogP contribution in [0.1, 0.15) is 12.8 Å². The number of carbonyl (C=O) groups excluding carboxylic acids is 1. The van der Waals surface area contributed by atoms with Crippen molar-refractivity contribution >= 4 is 43.2 Å². The van der Waals surface area contributed by atoms with Crippen molar-refractivity contribution in [2.24, 2.45) is 5.92 Å². The summed E-state index contributed by atoms with van der Waals surface area (Å²) in [4.78, 5) is 21.5. The third-order valence-corrected chi connectivity index (χ3v) is 8.54. The quantitative estimate of drug-likeness (QED) is 0.459. The SMILES string of the molecule is O=C(Nc1nc(-c2cccc3ccccc23)cs1)C1CCN(S(=O)(=O)c2cccnc2)CC1. The van der Waals surface area contributed by atoms with Crippen LogP contribution < -0.4 is 5.32 Å². The zero-order valence-electron chi connectivity index (χ0n) is 17.7. The first-order valence-corrected chi connectivity index (χ1v) is 13.0. The maximum atomic E-state index is 12.8. The molecular weight excluding hydrogens is 456 g/mol. The van der Waals surface area contributed by atoms with Gasteiger partial charge in [-0.3, -0.25) is 9.78 Å². The highest BCUT2D eigenvalue weighted by atomic mass is 32.2. The average molecular weight is 479 g/mol. The van der Waals surface area contributed by atoms with Gasteiger partial charge in [0.2, 0.25) is 15.9 Å². The van der Waals surface area contributed by atoms with Gasteiger partial charge in [-0.1, -0.05) is 42.5 Å². The fourth-order valence-corrected chi connectivity index (χ4v) is 6.27. The average Bonchev–Trinajstić information content (AvgIpc) is 3.32. The van der Waals surface area contributed by atoms with E-state index in [0.29, 0.717) is 31.1 Å². The van der Waals surface area contributed by atoms with Crippen molar-refractivity contribution in [1.29, 1.82) is 0 Å². The fraction of sp³-hybridized carbons (Fsp3) is 0.208. The molecular formula is C24H22N4O3S2. The first-order valence-electron chi connectivity index (χ1n) is 10.7. The number of carbonyl (C=O) groups is 1. The highest BCUT2D eigenvalue weighted by Crippen LogP contribution is 2.31. The van der Waals surface area contributed by atoms with Crippen LogP contribution >= 0.6 is 11.3 Å². The highest BCUT2D eigenvalue weighted by molar-refractivity contribution is 7.89. The molecule has 7 nitrogen and oxygen atoms in total. The Labute approximate surface area is 196 Å². The summed E-state index contributed by atoms with van der Waals surface area (Å²) >= 11 is 1.39. The largest absolute Gasteiger partial charge is 0.302 e. The number of fused-ring (bicyclic) bond motifs is 1. The van der Waals surface area contributed by atoms with Gasteiger partial charge in [-0.25, -0.2) is 13.4 Å². The number of rotatable bonds is 5. The predicted molar refractivity (Wildman–Crippen MR) is 129 cm³/mol. The molecule has 3 heterocycles. The smallest absolute Gasteiger partial charge is 0.244 e. The van der Waals surface area contributed by atoms with E-state index in [2.05, 4.69) is 33.5 Å². The van der Waals surface area contributed by atoms with Gasteiger partial charge in [-0.05, 0) is 35.7 Å². The molecule has 168 valence electrons. The molecule has 33 heavy (non-hydrogen) atoms. The van der Waals surface area contributed by atoms with Gasteiger partial charge in [0.1, 0.15) is 4.90 Å². The summed E-state index contributed by atoms with van der Waals surface area (Å²) in [6, 6.07) is 17.4. The fourth-order valence-electron chi connectivity index (χ4n) is 4.12. The number of benzene rings is 2. The molecule has 4 aromatic rings. The summed E-state index contributed by atoms with van der Waals surface area (Å²) in [6.45, 7) is 0.600. The molecule has 5 rings (SSSR count). The minimum atomic E-state index is -3.59. The maximum Gasteiger partial charge on any atom is 0.244 e. The van der Waals surface area contributed by atoms with E-state index in [4.69, 9.17) is 0 Å². The summed E-state index contributed by atoms with van der Waals surface area (Å²) in [7, 11) is -3.59. The number of nitrogens with one attached hydrogen (secondary N) is 1. The van der Waals surface area contributed by atoms with E-state index in [9.17, 15) is 13.2 Å². The lowest BCUT2D eigenvalue weighted by molar-refractivity contribution is -0.120. The monoisotopic (exact) mass is 478 g/mol. The number of nitrogens with zero attached hydrogens (tertiary/aromatic N) is 3. The molecule has 0 atom stereocenters. The summed E-state index contributed by atoms with van der Waals surface area (Å²) < 4.78 is 27.0. The Morgan fingerprint density at radius 1 is 1.03 bits per heavy atom. The minimum absolute atomic E-state index is 0.118. The lowest BCUT2D eigenvalue weighted by Gasteiger charge is -2.30. The molecule has 0 bridgehead atoms. The number of thiazole rings is 1. The van der Waals surface area contributed by atoms with Crippen molar-refractivity contribution in [3.8, 4) is 11.3 Å². The van der Waals surface area contributed by atoms with E-state index in [1.165, 1.54) is 27.9 Å². The number of anilines is 1. The molecule has 1 amide bonds. The van der Waals surface area contributed by atoms with Gasteiger partial charge in [0.05, 0.1) is 5.69 Å². The van der Waals surface area contributed by atoms with Gasteiger partial charge in [0, 0.05) is 42.3 Å². The molecule has 0 aliphatic carbocycles. The van der Waals surface area contributed by atoms with Gasteiger partial charge in [0.15, 0.2) is 5.13 Å². The molecule has 1 N–H and O–H groups in total. The van der Waals surface area contributed by atoms with Crippen LogP contribution in [0.25, 0.3) is 22.0 Å². The number of hydrogen-bond donors (Lipinski definition) is 1. The van der Waals surface area contributed by atoms with E-state index in [-0.39, 0.29) is 16.7 Å². The second-order valence-electron chi connectivity index (χ2n) is 7.92. The Kier molecular flexibility index (Phi) is 5.92. The van der Waals surface area contributed by atoms with Crippen molar-refractivity contribution in [2.45, 2.75) is 17.7 Å². The molecule has 1 aliphatic rings. The molecule has 0 unspecified atom stereocenters. The highest BCUT2D eigenvalue weighted by Gasteiger charge is 2.32. The number of hydrogen-bond acceptors (Lipinski definition) is 6. The number of pyridine rings is 1. The first-order chi connectivity index (χ1) is 16.0. The molecule has 0 saturated carbocycles. The summed E-state index contributed by atoms with van der Waals surface area (Å²) in [5.41, 5.74) is 1.85. The zero-order chi connectivity index (χ0) is 22.8. The van der Waals surface area contributed by atoms with Crippen molar-refractivity contribution in [1.82, 2.24) is 14.3 Å². The molecule has 1 fully saturated rings. The van der Waals surface area contributed by atoms with Crippen LogP contribution in [0.4, 0.5) is 5.13 Å². The van der Waals surface area contributed by atoms with Crippen LogP contribution in [0.5, 0.6) is 0 Å². The van der Waals surface area contributed by atoms with E-state index in [1.807, 2.05) is 29.6 Å². The lowest BCUT2D eigenvalue weighted by Crippen LogP contribution is -2.41. The van der Waals surface area contributed by atoms with Crippen LogP contribution in [-0.2, 0) is 14.8 Å². The molecule has 1 aliphatic heterocycles. The van der Waals surface area contributed by atoms with Gasteiger partial charge in [0.25, 0.3) is 0 Å².